The molecule has 0 aliphatic heterocycles. The highest BCUT2D eigenvalue weighted by Crippen LogP contribution is 2.24. The van der Waals surface area contributed by atoms with Gasteiger partial charge in [-0.05, 0) is 36.4 Å². The second-order valence-corrected chi connectivity index (χ2v) is 4.14. The van der Waals surface area contributed by atoms with Gasteiger partial charge in [0.2, 0.25) is 0 Å². The van der Waals surface area contributed by atoms with E-state index in [1.165, 1.54) is 24.3 Å². The first-order valence-electron chi connectivity index (χ1n) is 6.07. The number of carboxylic acid groups (broad SMARTS) is 1. The van der Waals surface area contributed by atoms with Gasteiger partial charge in [-0.25, -0.2) is 9.18 Å². The van der Waals surface area contributed by atoms with Crippen molar-refractivity contribution in [2.45, 2.75) is 0 Å². The van der Waals surface area contributed by atoms with E-state index in [1.807, 2.05) is 0 Å². The number of carbonyl (C=O) groups is 2. The quantitative estimate of drug-likeness (QED) is 0.887. The molecule has 0 saturated carbocycles. The minimum absolute atomic E-state index is 0.246. The fraction of sp³-hybridized carbons (Fsp3) is 0.0667. The maximum absolute atomic E-state index is 12.8. The number of para-hydroxylation sites is 2. The molecule has 0 heterocycles. The zero-order valence-corrected chi connectivity index (χ0v) is 10.9. The molecule has 0 radical (unpaired) electrons. The predicted octanol–water partition coefficient (Wildman–Crippen LogP) is 2.54. The van der Waals surface area contributed by atoms with Crippen molar-refractivity contribution in [3.8, 4) is 5.75 Å². The predicted molar refractivity (Wildman–Crippen MR) is 73.9 cm³/mol. The Morgan fingerprint density at radius 2 is 1.76 bits per heavy atom. The van der Waals surface area contributed by atoms with Gasteiger partial charge in [-0.15, -0.1) is 0 Å². The van der Waals surface area contributed by atoms with Crippen LogP contribution in [0.25, 0.3) is 0 Å². The van der Waals surface area contributed by atoms with E-state index < -0.39 is 24.3 Å². The number of nitrogens with one attached hydrogen (secondary N) is 1. The Balaban J connectivity index is 2.13. The molecule has 2 rings (SSSR count). The number of ether oxygens (including phenoxy) is 1. The summed E-state index contributed by atoms with van der Waals surface area (Å²) in [7, 11) is 0. The summed E-state index contributed by atoms with van der Waals surface area (Å²) in [5.74, 6) is -1.75. The summed E-state index contributed by atoms with van der Waals surface area (Å²) < 4.78 is 17.9. The van der Waals surface area contributed by atoms with Crippen LogP contribution in [0.5, 0.6) is 5.75 Å². The largest absolute Gasteiger partial charge is 0.480 e. The van der Waals surface area contributed by atoms with Crippen molar-refractivity contribution in [3.05, 3.63) is 59.9 Å². The zero-order valence-electron chi connectivity index (χ0n) is 10.9. The highest BCUT2D eigenvalue weighted by atomic mass is 19.1. The van der Waals surface area contributed by atoms with Gasteiger partial charge in [-0.1, -0.05) is 12.1 Å². The average Bonchev–Trinajstić information content (AvgIpc) is 2.47. The molecule has 0 aromatic heterocycles. The molecule has 0 fully saturated rings. The van der Waals surface area contributed by atoms with E-state index in [2.05, 4.69) is 5.32 Å². The van der Waals surface area contributed by atoms with Crippen LogP contribution in [0, 0.1) is 5.82 Å². The van der Waals surface area contributed by atoms with E-state index in [0.717, 1.165) is 0 Å². The Kier molecular flexibility index (Phi) is 4.50. The molecule has 21 heavy (non-hydrogen) atoms. The summed E-state index contributed by atoms with van der Waals surface area (Å²) in [5.41, 5.74) is 0.623. The van der Waals surface area contributed by atoms with E-state index in [1.54, 1.807) is 24.3 Å². The van der Waals surface area contributed by atoms with Crippen molar-refractivity contribution in [2.75, 3.05) is 11.9 Å². The van der Waals surface area contributed by atoms with E-state index in [4.69, 9.17) is 9.84 Å². The Bertz CT molecular complexity index is 655. The minimum atomic E-state index is -1.12. The Hall–Kier alpha value is -2.89. The third kappa shape index (κ3) is 4.04. The molecule has 2 N–H and O–H groups in total. The molecular formula is C15H12FNO4. The van der Waals surface area contributed by atoms with E-state index in [9.17, 15) is 14.0 Å². The van der Waals surface area contributed by atoms with Gasteiger partial charge in [0.05, 0.1) is 5.69 Å². The molecule has 0 aliphatic carbocycles. The fourth-order valence-electron chi connectivity index (χ4n) is 1.63. The molecule has 0 spiro atoms. The van der Waals surface area contributed by atoms with Crippen LogP contribution < -0.4 is 10.1 Å². The number of carboxylic acids is 1. The maximum Gasteiger partial charge on any atom is 0.341 e. The Labute approximate surface area is 120 Å². The normalized spacial score (nSPS) is 9.95. The first-order valence-corrected chi connectivity index (χ1v) is 6.07. The second-order valence-electron chi connectivity index (χ2n) is 4.14. The lowest BCUT2D eigenvalue weighted by Crippen LogP contribution is -2.14. The number of hydrogen-bond acceptors (Lipinski definition) is 3. The summed E-state index contributed by atoms with van der Waals surface area (Å²) in [5, 5.41) is 11.2. The lowest BCUT2D eigenvalue weighted by atomic mass is 10.2. The lowest BCUT2D eigenvalue weighted by Gasteiger charge is -2.11. The zero-order chi connectivity index (χ0) is 15.2. The van der Waals surface area contributed by atoms with E-state index >= 15 is 0 Å². The third-order valence-corrected chi connectivity index (χ3v) is 2.59. The number of amides is 1. The number of rotatable bonds is 5. The van der Waals surface area contributed by atoms with Crippen LogP contribution in [0.1, 0.15) is 10.4 Å². The van der Waals surface area contributed by atoms with Crippen LogP contribution in [0.4, 0.5) is 10.1 Å². The highest BCUT2D eigenvalue weighted by Gasteiger charge is 2.10. The van der Waals surface area contributed by atoms with Crippen LogP contribution in [0.2, 0.25) is 0 Å². The van der Waals surface area contributed by atoms with Gasteiger partial charge in [-0.3, -0.25) is 4.79 Å². The summed E-state index contributed by atoms with van der Waals surface area (Å²) in [4.78, 5) is 22.5. The summed E-state index contributed by atoms with van der Waals surface area (Å²) in [6.45, 7) is -0.510. The molecule has 0 atom stereocenters. The van der Waals surface area contributed by atoms with Crippen LogP contribution in [-0.2, 0) is 4.79 Å². The van der Waals surface area contributed by atoms with Crippen LogP contribution >= 0.6 is 0 Å². The van der Waals surface area contributed by atoms with Crippen molar-refractivity contribution < 1.29 is 23.8 Å². The van der Waals surface area contributed by atoms with Gasteiger partial charge < -0.3 is 15.2 Å². The van der Waals surface area contributed by atoms with Gasteiger partial charge in [0.1, 0.15) is 11.6 Å². The molecule has 0 unspecified atom stereocenters. The average molecular weight is 289 g/mol. The Morgan fingerprint density at radius 3 is 2.43 bits per heavy atom. The monoisotopic (exact) mass is 289 g/mol. The SMILES string of the molecule is O=C(O)COc1ccccc1NC(=O)c1ccc(F)cc1. The highest BCUT2D eigenvalue weighted by molar-refractivity contribution is 6.05. The molecule has 2 aromatic carbocycles. The van der Waals surface area contributed by atoms with E-state index in [-0.39, 0.29) is 11.3 Å². The number of carbonyl (C=O) groups excluding carboxylic acids is 1. The fourth-order valence-corrected chi connectivity index (χ4v) is 1.63. The molecular weight excluding hydrogens is 277 g/mol. The van der Waals surface area contributed by atoms with Crippen molar-refractivity contribution >= 4 is 17.6 Å². The van der Waals surface area contributed by atoms with Crippen molar-refractivity contribution in [1.29, 1.82) is 0 Å². The first-order chi connectivity index (χ1) is 10.1. The number of benzene rings is 2. The number of aliphatic carboxylic acids is 1. The smallest absolute Gasteiger partial charge is 0.341 e. The summed E-state index contributed by atoms with van der Waals surface area (Å²) in [6.07, 6.45) is 0. The molecule has 0 aliphatic rings. The van der Waals surface area contributed by atoms with Crippen LogP contribution in [-0.4, -0.2) is 23.6 Å². The third-order valence-electron chi connectivity index (χ3n) is 2.59. The Morgan fingerprint density at radius 1 is 1.10 bits per heavy atom. The van der Waals surface area contributed by atoms with Gasteiger partial charge >= 0.3 is 5.97 Å². The van der Waals surface area contributed by atoms with E-state index in [0.29, 0.717) is 5.69 Å². The van der Waals surface area contributed by atoms with Crippen molar-refractivity contribution in [1.82, 2.24) is 0 Å². The van der Waals surface area contributed by atoms with Crippen LogP contribution in [0.3, 0.4) is 0 Å². The number of hydrogen-bond donors (Lipinski definition) is 2. The maximum atomic E-state index is 12.8. The van der Waals surface area contributed by atoms with Crippen molar-refractivity contribution in [3.63, 3.8) is 0 Å². The van der Waals surface area contributed by atoms with Gasteiger partial charge in [0, 0.05) is 5.56 Å². The molecule has 5 nitrogen and oxygen atoms in total. The second kappa shape index (κ2) is 6.51. The van der Waals surface area contributed by atoms with Gasteiger partial charge in [0.15, 0.2) is 6.61 Å². The number of halogens is 1. The molecule has 1 amide bonds. The minimum Gasteiger partial charge on any atom is -0.480 e. The van der Waals surface area contributed by atoms with Crippen LogP contribution in [0.15, 0.2) is 48.5 Å². The molecule has 108 valence electrons. The lowest BCUT2D eigenvalue weighted by molar-refractivity contribution is -0.139. The summed E-state index contributed by atoms with van der Waals surface area (Å²) >= 11 is 0. The van der Waals surface area contributed by atoms with Crippen molar-refractivity contribution in [2.24, 2.45) is 0 Å². The summed E-state index contributed by atoms with van der Waals surface area (Å²) in [6, 6.07) is 11.5. The van der Waals surface area contributed by atoms with Gasteiger partial charge in [-0.2, -0.15) is 0 Å². The molecule has 6 heteroatoms. The number of anilines is 1. The molecule has 2 aromatic rings. The van der Waals surface area contributed by atoms with Gasteiger partial charge in [0.25, 0.3) is 5.91 Å². The standard InChI is InChI=1S/C15H12FNO4/c16-11-7-5-10(6-8-11)15(20)17-12-3-1-2-4-13(12)21-9-14(18)19/h1-8H,9H2,(H,17,20)(H,18,19). The molecule has 0 saturated heterocycles. The molecule has 0 bridgehead atoms. The topological polar surface area (TPSA) is 75.6 Å². The first kappa shape index (κ1) is 14.5.